The number of rotatable bonds is 6. The quantitative estimate of drug-likeness (QED) is 0.350. The lowest BCUT2D eigenvalue weighted by atomic mass is 10.2. The van der Waals surface area contributed by atoms with E-state index in [0.29, 0.717) is 21.8 Å². The van der Waals surface area contributed by atoms with Crippen molar-refractivity contribution in [2.45, 2.75) is 16.6 Å². The molecule has 150 valence electrons. The van der Waals surface area contributed by atoms with Crippen molar-refractivity contribution in [3.63, 3.8) is 0 Å². The maximum absolute atomic E-state index is 12.1. The van der Waals surface area contributed by atoms with Crippen LogP contribution in [-0.4, -0.2) is 29.1 Å². The highest BCUT2D eigenvalue weighted by Gasteiger charge is 2.34. The molecule has 0 fully saturated rings. The number of halogens is 4. The Kier molecular flexibility index (Phi) is 8.07. The van der Waals surface area contributed by atoms with Gasteiger partial charge in [-0.25, -0.2) is 9.59 Å². The topological polar surface area (TPSA) is 76.7 Å². The van der Waals surface area contributed by atoms with Crippen LogP contribution in [0.25, 0.3) is 0 Å². The van der Waals surface area contributed by atoms with E-state index in [-0.39, 0.29) is 6.61 Å². The van der Waals surface area contributed by atoms with Gasteiger partial charge in [0, 0.05) is 16.3 Å². The van der Waals surface area contributed by atoms with E-state index in [1.54, 1.807) is 36.4 Å². The molecule has 0 aliphatic heterocycles. The number of alkyl halides is 3. The van der Waals surface area contributed by atoms with Gasteiger partial charge >= 0.3 is 12.1 Å². The second kappa shape index (κ2) is 10.1. The Morgan fingerprint density at radius 2 is 1.71 bits per heavy atom. The Morgan fingerprint density at radius 1 is 1.07 bits per heavy atom. The van der Waals surface area contributed by atoms with Crippen molar-refractivity contribution >= 4 is 64.2 Å². The normalized spacial score (nSPS) is 12.0. The minimum Gasteiger partial charge on any atom is -0.465 e. The van der Waals surface area contributed by atoms with Gasteiger partial charge in [0.25, 0.3) is 0 Å². The van der Waals surface area contributed by atoms with Gasteiger partial charge in [-0.2, -0.15) is 0 Å². The third-order valence-corrected chi connectivity index (χ3v) is 4.55. The summed E-state index contributed by atoms with van der Waals surface area (Å²) in [6.07, 6.45) is -1.92. The highest BCUT2D eigenvalue weighted by molar-refractivity contribution is 6.68. The zero-order valence-corrected chi connectivity index (χ0v) is 17.6. The Hall–Kier alpha value is -1.86. The largest absolute Gasteiger partial charge is 0.465 e. The lowest BCUT2D eigenvalue weighted by Crippen LogP contribution is -2.49. The Bertz CT molecular complexity index is 825. The van der Waals surface area contributed by atoms with E-state index >= 15 is 0 Å². The fraction of sp³-hybridized carbons (Fsp3) is 0.222. The summed E-state index contributed by atoms with van der Waals surface area (Å²) in [5.41, 5.74) is 1.48. The molecule has 10 heteroatoms. The van der Waals surface area contributed by atoms with E-state index in [4.69, 9.17) is 51.1 Å². The van der Waals surface area contributed by atoms with Crippen LogP contribution in [0.5, 0.6) is 0 Å². The lowest BCUT2D eigenvalue weighted by molar-refractivity contribution is 0.0600. The number of hydrogen-bond donors (Lipinski definition) is 2. The fourth-order valence-corrected chi connectivity index (χ4v) is 2.62. The van der Waals surface area contributed by atoms with E-state index in [2.05, 4.69) is 15.4 Å². The predicted molar refractivity (Wildman–Crippen MR) is 110 cm³/mol. The molecule has 6 nitrogen and oxygen atoms in total. The van der Waals surface area contributed by atoms with E-state index in [1.807, 2.05) is 0 Å². The van der Waals surface area contributed by atoms with Crippen molar-refractivity contribution in [1.29, 1.82) is 0 Å². The lowest BCUT2D eigenvalue weighted by Gasteiger charge is -2.27. The van der Waals surface area contributed by atoms with Crippen molar-refractivity contribution in [1.82, 2.24) is 5.32 Å². The van der Waals surface area contributed by atoms with Crippen molar-refractivity contribution in [3.8, 4) is 0 Å². The van der Waals surface area contributed by atoms with Gasteiger partial charge in [0.05, 0.1) is 12.7 Å². The first-order valence-electron chi connectivity index (χ1n) is 7.89. The summed E-state index contributed by atoms with van der Waals surface area (Å²) < 4.78 is 7.87. The van der Waals surface area contributed by atoms with E-state index in [0.717, 1.165) is 0 Å². The summed E-state index contributed by atoms with van der Waals surface area (Å²) in [6, 6.07) is 13.1. The van der Waals surface area contributed by atoms with Crippen molar-refractivity contribution in [3.05, 3.63) is 64.7 Å². The molecule has 1 atom stereocenters. The average molecular weight is 466 g/mol. The standard InChI is InChI=1S/C18H16Cl4N2O4/c1-27-15(25)11-6-8-13(9-7-11)23-16(18(20,21)22)24-17(26)28-10-12-4-2-3-5-14(12)19/h2-9,16,23H,10H2,1H3,(H,24,26). The molecule has 0 aromatic heterocycles. The Labute approximate surface area is 182 Å². The number of carbonyl (C=O) groups excluding carboxylic acids is 2. The molecular weight excluding hydrogens is 450 g/mol. The van der Waals surface area contributed by atoms with Gasteiger partial charge in [0.1, 0.15) is 12.8 Å². The third kappa shape index (κ3) is 6.63. The van der Waals surface area contributed by atoms with Crippen LogP contribution in [0.1, 0.15) is 15.9 Å². The van der Waals surface area contributed by atoms with Crippen LogP contribution in [0.15, 0.2) is 48.5 Å². The molecule has 0 saturated carbocycles. The molecule has 0 aliphatic carbocycles. The van der Waals surface area contributed by atoms with E-state index in [9.17, 15) is 9.59 Å². The highest BCUT2D eigenvalue weighted by atomic mass is 35.6. The summed E-state index contributed by atoms with van der Waals surface area (Å²) in [5.74, 6) is -0.481. The second-order valence-corrected chi connectivity index (χ2v) is 8.28. The first kappa shape index (κ1) is 22.4. The summed E-state index contributed by atoms with van der Waals surface area (Å²) in [7, 11) is 1.28. The van der Waals surface area contributed by atoms with Gasteiger partial charge in [0.15, 0.2) is 0 Å². The maximum atomic E-state index is 12.1. The van der Waals surface area contributed by atoms with Crippen LogP contribution in [-0.2, 0) is 16.1 Å². The Balaban J connectivity index is 2.00. The SMILES string of the molecule is COC(=O)c1ccc(NC(NC(=O)OCc2ccccc2Cl)C(Cl)(Cl)Cl)cc1. The molecule has 2 aromatic carbocycles. The zero-order chi connectivity index (χ0) is 20.7. The monoisotopic (exact) mass is 464 g/mol. The number of ether oxygens (including phenoxy) is 2. The summed E-state index contributed by atoms with van der Waals surface area (Å²) >= 11 is 23.8. The molecule has 1 amide bonds. The van der Waals surface area contributed by atoms with Crippen LogP contribution in [0, 0.1) is 0 Å². The molecule has 2 aromatic rings. The van der Waals surface area contributed by atoms with Gasteiger partial charge in [-0.05, 0) is 30.3 Å². The number of alkyl carbamates (subject to hydrolysis) is 1. The molecule has 0 radical (unpaired) electrons. The first-order chi connectivity index (χ1) is 13.2. The maximum Gasteiger partial charge on any atom is 0.409 e. The van der Waals surface area contributed by atoms with Gasteiger partial charge in [-0.1, -0.05) is 64.6 Å². The average Bonchev–Trinajstić information content (AvgIpc) is 2.66. The Morgan fingerprint density at radius 3 is 2.29 bits per heavy atom. The highest BCUT2D eigenvalue weighted by Crippen LogP contribution is 2.31. The molecule has 0 saturated heterocycles. The predicted octanol–water partition coefficient (Wildman–Crippen LogP) is 5.16. The molecule has 1 unspecified atom stereocenters. The number of hydrogen-bond acceptors (Lipinski definition) is 5. The van der Waals surface area contributed by atoms with E-state index in [1.165, 1.54) is 19.2 Å². The molecule has 2 rings (SSSR count). The minimum atomic E-state index is -1.88. The van der Waals surface area contributed by atoms with Crippen molar-refractivity contribution in [2.24, 2.45) is 0 Å². The van der Waals surface area contributed by atoms with Gasteiger partial charge < -0.3 is 14.8 Å². The van der Waals surface area contributed by atoms with Gasteiger partial charge in [-0.3, -0.25) is 5.32 Å². The van der Waals surface area contributed by atoms with Crippen LogP contribution in [0.2, 0.25) is 5.02 Å². The number of esters is 1. The number of benzene rings is 2. The molecule has 0 spiro atoms. The van der Waals surface area contributed by atoms with Crippen LogP contribution < -0.4 is 10.6 Å². The van der Waals surface area contributed by atoms with E-state index < -0.39 is 22.0 Å². The summed E-state index contributed by atoms with van der Waals surface area (Å²) in [5, 5.41) is 5.77. The van der Waals surface area contributed by atoms with Crippen LogP contribution >= 0.6 is 46.4 Å². The molecule has 0 bridgehead atoms. The number of methoxy groups -OCH3 is 1. The molecule has 0 aliphatic rings. The molecule has 0 heterocycles. The number of nitrogens with one attached hydrogen (secondary N) is 2. The number of amides is 1. The molecular formula is C18H16Cl4N2O4. The zero-order valence-electron chi connectivity index (χ0n) is 14.5. The number of anilines is 1. The van der Waals surface area contributed by atoms with Crippen LogP contribution in [0.3, 0.4) is 0 Å². The van der Waals surface area contributed by atoms with Gasteiger partial charge in [-0.15, -0.1) is 0 Å². The third-order valence-electron chi connectivity index (χ3n) is 3.52. The smallest absolute Gasteiger partial charge is 0.409 e. The van der Waals surface area contributed by atoms with Crippen molar-refractivity contribution < 1.29 is 19.1 Å². The first-order valence-corrected chi connectivity index (χ1v) is 9.40. The molecule has 28 heavy (non-hydrogen) atoms. The fourth-order valence-electron chi connectivity index (χ4n) is 2.11. The van der Waals surface area contributed by atoms with Crippen molar-refractivity contribution in [2.75, 3.05) is 12.4 Å². The van der Waals surface area contributed by atoms with Crippen LogP contribution in [0.4, 0.5) is 10.5 Å². The van der Waals surface area contributed by atoms with Gasteiger partial charge in [0.2, 0.25) is 3.79 Å². The minimum absolute atomic E-state index is 0.0497. The second-order valence-electron chi connectivity index (χ2n) is 5.50. The summed E-state index contributed by atoms with van der Waals surface area (Å²) in [4.78, 5) is 23.6. The summed E-state index contributed by atoms with van der Waals surface area (Å²) in [6.45, 7) is -0.0497. The molecule has 2 N–H and O–H groups in total. The number of carbonyl (C=O) groups is 2.